The number of para-hydroxylation sites is 1. The van der Waals surface area contributed by atoms with Crippen LogP contribution in [0.1, 0.15) is 0 Å². The second-order valence-corrected chi connectivity index (χ2v) is 24.0. The van der Waals surface area contributed by atoms with E-state index in [2.05, 4.69) is 97.0 Å². The van der Waals surface area contributed by atoms with Crippen molar-refractivity contribution >= 4 is 115 Å². The molecule has 5 radical (unpaired) electrons. The summed E-state index contributed by atoms with van der Waals surface area (Å²) in [7, 11) is 2.68. The molecule has 15 rings (SSSR count). The second kappa shape index (κ2) is 4.79. The third-order valence-corrected chi connectivity index (χ3v) is 27.1. The molecule has 169 valence electrons. The van der Waals surface area contributed by atoms with Gasteiger partial charge in [0.25, 0.3) is 0 Å². The quantitative estimate of drug-likeness (QED) is 0.281. The van der Waals surface area contributed by atoms with Crippen molar-refractivity contribution in [3.8, 4) is 28.7 Å². The molecule has 7 saturated heterocycles. The fraction of sp³-hybridized carbons (Fsp3) is 0. The van der Waals surface area contributed by atoms with Gasteiger partial charge in [-0.2, -0.15) is 0 Å². The molecule has 0 amide bonds. The van der Waals surface area contributed by atoms with Gasteiger partial charge in [0.05, 0.1) is 0 Å². The number of benzene rings is 4. The van der Waals surface area contributed by atoms with Crippen LogP contribution in [0.3, 0.4) is 0 Å². The summed E-state index contributed by atoms with van der Waals surface area (Å²) in [5.41, 5.74) is 7.77. The molecule has 4 nitrogen and oxygen atoms in total. The van der Waals surface area contributed by atoms with Crippen molar-refractivity contribution in [3.63, 3.8) is 0 Å². The summed E-state index contributed by atoms with van der Waals surface area (Å²) in [5.74, 6) is 4.10. The van der Waals surface area contributed by atoms with Gasteiger partial charge in [-0.05, 0) is 0 Å². The van der Waals surface area contributed by atoms with Crippen LogP contribution in [0.25, 0.3) is 27.5 Å². The standard InChI is InChI=1S/C24H12B9N2O2P2/c1-2-6-14-12(5-1)13-11-19(38(29-25-30(38)33(29)38)34-39-26-31(39)32(39)27-39)24-22-23(13)35(14)15-7-3-8-16-20(15)28(22)21-17(36-16)9-4-10-18(21)37-24/h1-11,34H/q-2. The third-order valence-electron chi connectivity index (χ3n) is 12.8. The van der Waals surface area contributed by atoms with E-state index in [9.17, 15) is 0 Å². The summed E-state index contributed by atoms with van der Waals surface area (Å²) >= 11 is 0. The first-order valence-corrected chi connectivity index (χ1v) is 19.3. The molecular formula is C24H12B9N2O2P2-2. The average molecular weight is 520 g/mol. The van der Waals surface area contributed by atoms with Crippen LogP contribution in [0.2, 0.25) is 0 Å². The van der Waals surface area contributed by atoms with E-state index in [0.29, 0.717) is 0 Å². The Morgan fingerprint density at radius 3 is 2.33 bits per heavy atom. The zero-order valence-corrected chi connectivity index (χ0v) is 22.5. The van der Waals surface area contributed by atoms with Crippen molar-refractivity contribution in [2.75, 3.05) is 0 Å². The Morgan fingerprint density at radius 1 is 0.821 bits per heavy atom. The van der Waals surface area contributed by atoms with Crippen LogP contribution in [0, 0.1) is 0 Å². The molecule has 0 unspecified atom stereocenters. The van der Waals surface area contributed by atoms with Gasteiger partial charge in [0.15, 0.2) is 0 Å². The molecule has 15 heteroatoms. The Labute approximate surface area is 228 Å². The molecule has 5 aromatic rings. The molecule has 2 bridgehead atoms. The van der Waals surface area contributed by atoms with E-state index < -0.39 is 12.7 Å². The summed E-state index contributed by atoms with van der Waals surface area (Å²) in [6, 6.07) is 24.6. The van der Waals surface area contributed by atoms with Crippen molar-refractivity contribution in [1.82, 2.24) is 9.42 Å². The molecule has 0 atom stereocenters. The van der Waals surface area contributed by atoms with Gasteiger partial charge >= 0.3 is 229 Å². The van der Waals surface area contributed by atoms with Crippen molar-refractivity contribution in [2.45, 2.75) is 0 Å². The Balaban J connectivity index is 1.20. The van der Waals surface area contributed by atoms with E-state index in [-0.39, 0.29) is 6.71 Å². The Morgan fingerprint density at radius 2 is 1.59 bits per heavy atom. The van der Waals surface area contributed by atoms with Gasteiger partial charge in [-0.25, -0.2) is 0 Å². The summed E-state index contributed by atoms with van der Waals surface area (Å²) in [5, 5.41) is 4.34. The van der Waals surface area contributed by atoms with E-state index in [0.717, 1.165) is 48.3 Å². The number of nitrogens with one attached hydrogen (secondary N) is 1. The number of aromatic nitrogens is 1. The van der Waals surface area contributed by atoms with Crippen LogP contribution < -0.4 is 36.0 Å². The fourth-order valence-corrected chi connectivity index (χ4v) is 29.9. The zero-order chi connectivity index (χ0) is 24.5. The van der Waals surface area contributed by atoms with E-state index in [1.807, 2.05) is 0 Å². The molecule has 10 aliphatic heterocycles. The molecule has 7 fully saturated rings. The molecule has 11 heterocycles. The number of hydrogen-bond acceptors (Lipinski definition) is 3. The van der Waals surface area contributed by atoms with Crippen LogP contribution in [-0.2, 0) is 0 Å². The van der Waals surface area contributed by atoms with Crippen LogP contribution >= 0.6 is 12.7 Å². The first kappa shape index (κ1) is 18.9. The van der Waals surface area contributed by atoms with E-state index in [1.54, 1.807) is 5.30 Å². The Kier molecular flexibility index (Phi) is 2.32. The summed E-state index contributed by atoms with van der Waals surface area (Å²) in [4.78, 5) is 4.68. The minimum atomic E-state index is -2.21. The number of nitrogens with zero attached hydrogens (tertiary/aromatic N) is 1. The number of ether oxygens (including phenoxy) is 2. The Hall–Kier alpha value is -2.32. The Bertz CT molecular complexity index is 2240. The molecular weight excluding hydrogens is 508 g/mol. The molecule has 1 aromatic heterocycles. The van der Waals surface area contributed by atoms with Gasteiger partial charge in [0.2, 0.25) is 0 Å². The van der Waals surface area contributed by atoms with Gasteiger partial charge in [-0.1, -0.05) is 0 Å². The SMILES string of the molecule is [B]1B2B3[B-]P123NP12(c3cc4c5ccccc5n5c4c4c3Oc3cccc6c3B4c3c(cccc3-5)O6)B3[B-]B1B32. The summed E-state index contributed by atoms with van der Waals surface area (Å²) in [6.07, 6.45) is 0.413. The van der Waals surface area contributed by atoms with Crippen LogP contribution in [-0.4, -0.2) is 63.2 Å². The maximum absolute atomic E-state index is 7.16. The normalized spacial score (nSPS) is 27.3. The number of hydrogen-bond donors (Lipinski definition) is 1. The summed E-state index contributed by atoms with van der Waals surface area (Å²) < 4.78 is 16.3. The first-order valence-electron chi connectivity index (χ1n) is 14.3. The molecule has 39 heavy (non-hydrogen) atoms. The molecule has 10 aliphatic rings. The van der Waals surface area contributed by atoms with Crippen LogP contribution in [0.5, 0.6) is 23.0 Å². The molecule has 0 saturated carbocycles. The zero-order valence-electron chi connectivity index (χ0n) is 20.7. The molecule has 1 spiro atoms. The maximum atomic E-state index is 7.16. The van der Waals surface area contributed by atoms with Crippen LogP contribution in [0.4, 0.5) is 0 Å². The van der Waals surface area contributed by atoms with Gasteiger partial charge in [0.1, 0.15) is 0 Å². The topological polar surface area (TPSA) is 35.4 Å². The van der Waals surface area contributed by atoms with Gasteiger partial charge < -0.3 is 0 Å². The van der Waals surface area contributed by atoms with Crippen LogP contribution in [0.15, 0.2) is 66.7 Å². The molecule has 1 N–H and O–H groups in total. The van der Waals surface area contributed by atoms with Gasteiger partial charge in [0, 0.05) is 0 Å². The number of rotatable bonds is 3. The predicted molar refractivity (Wildman–Crippen MR) is 175 cm³/mol. The van der Waals surface area contributed by atoms with Crippen molar-refractivity contribution in [1.29, 1.82) is 0 Å². The number of fused-ring (bicyclic) bond motifs is 5. The minimum absolute atomic E-state index is 0.144. The average Bonchev–Trinajstić information content (AvgIpc) is 3.90. The van der Waals surface area contributed by atoms with Gasteiger partial charge in [-0.3, -0.25) is 0 Å². The van der Waals surface area contributed by atoms with E-state index in [4.69, 9.17) is 9.47 Å². The monoisotopic (exact) mass is 521 g/mol. The second-order valence-electron chi connectivity index (χ2n) is 13.7. The van der Waals surface area contributed by atoms with E-state index >= 15 is 0 Å². The van der Waals surface area contributed by atoms with Crippen molar-refractivity contribution < 1.29 is 9.47 Å². The molecule has 0 aliphatic carbocycles. The third kappa shape index (κ3) is 1.46. The fourth-order valence-electron chi connectivity index (χ4n) is 10.6. The van der Waals surface area contributed by atoms with Gasteiger partial charge in [-0.15, -0.1) is 0 Å². The van der Waals surface area contributed by atoms with E-state index in [1.165, 1.54) is 49.6 Å². The van der Waals surface area contributed by atoms with Crippen molar-refractivity contribution in [3.05, 3.63) is 66.7 Å². The predicted octanol–water partition coefficient (Wildman–Crippen LogP) is 1.18. The van der Waals surface area contributed by atoms with Crippen molar-refractivity contribution in [2.24, 2.45) is 0 Å². The first-order chi connectivity index (χ1) is 19.2. The molecule has 4 aromatic carbocycles. The summed E-state index contributed by atoms with van der Waals surface area (Å²) in [6.45, 7) is 5.60.